The molecule has 8 heteroatoms. The van der Waals surface area contributed by atoms with Crippen LogP contribution in [-0.2, 0) is 16.0 Å². The van der Waals surface area contributed by atoms with Gasteiger partial charge >= 0.3 is 5.97 Å². The van der Waals surface area contributed by atoms with Gasteiger partial charge in [0.2, 0.25) is 0 Å². The Morgan fingerprint density at radius 2 is 1.81 bits per heavy atom. The van der Waals surface area contributed by atoms with Crippen LogP contribution in [0.2, 0.25) is 10.0 Å². The first-order valence-corrected chi connectivity index (χ1v) is 8.78. The fraction of sp³-hybridized carbons (Fsp3) is 0.158. The average Bonchev–Trinajstić information content (AvgIpc) is 3.04. The number of carbonyl (C=O) groups excluding carboxylic acids is 2. The molecular weight excluding hydrogens is 389 g/mol. The van der Waals surface area contributed by atoms with Crippen molar-refractivity contribution in [1.82, 2.24) is 15.0 Å². The molecule has 138 valence electrons. The van der Waals surface area contributed by atoms with E-state index < -0.39 is 5.97 Å². The molecule has 0 aliphatic heterocycles. The van der Waals surface area contributed by atoms with Crippen molar-refractivity contribution < 1.29 is 14.3 Å². The molecule has 0 atom stereocenters. The Hall–Kier alpha value is -2.70. The van der Waals surface area contributed by atoms with E-state index in [1.54, 1.807) is 37.3 Å². The zero-order chi connectivity index (χ0) is 19.6. The number of aromatic nitrogens is 3. The fourth-order valence-corrected chi connectivity index (χ4v) is 2.74. The number of halogens is 2. The van der Waals surface area contributed by atoms with Gasteiger partial charge in [-0.2, -0.15) is 0 Å². The highest BCUT2D eigenvalue weighted by Gasteiger charge is 2.12. The number of hydrogen-bond acceptors (Lipinski definition) is 5. The molecule has 0 bridgehead atoms. The van der Waals surface area contributed by atoms with Gasteiger partial charge in [-0.05, 0) is 36.8 Å². The number of aldehydes is 1. The highest BCUT2D eigenvalue weighted by atomic mass is 35.5. The van der Waals surface area contributed by atoms with E-state index in [-0.39, 0.29) is 6.61 Å². The molecule has 0 saturated heterocycles. The van der Waals surface area contributed by atoms with Crippen LogP contribution in [0.1, 0.15) is 22.8 Å². The van der Waals surface area contributed by atoms with Crippen LogP contribution < -0.4 is 0 Å². The summed E-state index contributed by atoms with van der Waals surface area (Å²) in [6.45, 7) is 5.33. The topological polar surface area (TPSA) is 74.1 Å². The zero-order valence-corrected chi connectivity index (χ0v) is 15.9. The van der Waals surface area contributed by atoms with Gasteiger partial charge in [0.25, 0.3) is 0 Å². The van der Waals surface area contributed by atoms with Gasteiger partial charge in [0.15, 0.2) is 6.29 Å². The molecule has 0 radical (unpaired) electrons. The third-order valence-electron chi connectivity index (χ3n) is 3.83. The minimum Gasteiger partial charge on any atom is -0.462 e. The lowest BCUT2D eigenvalue weighted by atomic mass is 10.1. The molecule has 0 aliphatic rings. The van der Waals surface area contributed by atoms with Crippen LogP contribution in [0.15, 0.2) is 42.5 Å². The van der Waals surface area contributed by atoms with Gasteiger partial charge in [-0.1, -0.05) is 35.8 Å². The predicted octanol–water partition coefficient (Wildman–Crippen LogP) is 4.20. The van der Waals surface area contributed by atoms with E-state index in [0.717, 1.165) is 11.8 Å². The van der Waals surface area contributed by atoms with E-state index in [0.29, 0.717) is 44.3 Å². The molecule has 0 aliphatic carbocycles. The summed E-state index contributed by atoms with van der Waals surface area (Å²) in [4.78, 5) is 24.3. The Balaban J connectivity index is 1.91. The number of esters is 1. The fourth-order valence-electron chi connectivity index (χ4n) is 2.42. The smallest absolute Gasteiger partial charge is 0.333 e. The monoisotopic (exact) mass is 403 g/mol. The van der Waals surface area contributed by atoms with Crippen molar-refractivity contribution in [3.05, 3.63) is 63.7 Å². The van der Waals surface area contributed by atoms with Crippen molar-refractivity contribution in [2.24, 2.45) is 0 Å². The van der Waals surface area contributed by atoms with Crippen LogP contribution in [-0.4, -0.2) is 33.9 Å². The maximum Gasteiger partial charge on any atom is 0.333 e. The molecule has 0 fully saturated rings. The molecule has 0 spiro atoms. The van der Waals surface area contributed by atoms with Gasteiger partial charge in [-0.15, -0.1) is 15.0 Å². The van der Waals surface area contributed by atoms with E-state index >= 15 is 0 Å². The Labute approximate surface area is 165 Å². The van der Waals surface area contributed by atoms with Gasteiger partial charge < -0.3 is 4.74 Å². The largest absolute Gasteiger partial charge is 0.462 e. The second kappa shape index (κ2) is 7.90. The number of ether oxygens (including phenoxy) is 1. The first-order valence-electron chi connectivity index (χ1n) is 8.02. The van der Waals surface area contributed by atoms with Crippen LogP contribution in [0.4, 0.5) is 0 Å². The van der Waals surface area contributed by atoms with Crippen molar-refractivity contribution >= 4 is 46.5 Å². The molecule has 1 aromatic heterocycles. The van der Waals surface area contributed by atoms with Crippen molar-refractivity contribution in [3.63, 3.8) is 0 Å². The van der Waals surface area contributed by atoms with Crippen LogP contribution in [0.5, 0.6) is 0 Å². The first-order chi connectivity index (χ1) is 12.9. The van der Waals surface area contributed by atoms with Crippen molar-refractivity contribution in [2.45, 2.75) is 13.3 Å². The van der Waals surface area contributed by atoms with E-state index in [4.69, 9.17) is 27.9 Å². The maximum atomic E-state index is 11.5. The van der Waals surface area contributed by atoms with Gasteiger partial charge in [-0.3, -0.25) is 4.79 Å². The second-order valence-corrected chi connectivity index (χ2v) is 6.74. The molecule has 3 aromatic rings. The molecule has 0 saturated carbocycles. The van der Waals surface area contributed by atoms with E-state index in [9.17, 15) is 9.59 Å². The SMILES string of the molecule is C=C(C)C(=O)OCCc1ccc(C=O)c(-n2nc3cc(Cl)c(Cl)cc3n2)c1. The average molecular weight is 404 g/mol. The van der Waals surface area contributed by atoms with Crippen molar-refractivity contribution in [1.29, 1.82) is 0 Å². The summed E-state index contributed by atoms with van der Waals surface area (Å²) in [5, 5.41) is 9.50. The highest BCUT2D eigenvalue weighted by Crippen LogP contribution is 2.27. The summed E-state index contributed by atoms with van der Waals surface area (Å²) in [7, 11) is 0. The third kappa shape index (κ3) is 4.18. The lowest BCUT2D eigenvalue weighted by Gasteiger charge is -2.08. The summed E-state index contributed by atoms with van der Waals surface area (Å²) >= 11 is 12.0. The molecule has 2 aromatic carbocycles. The molecule has 0 unspecified atom stereocenters. The molecule has 27 heavy (non-hydrogen) atoms. The normalized spacial score (nSPS) is 10.8. The lowest BCUT2D eigenvalue weighted by Crippen LogP contribution is -2.09. The molecule has 3 rings (SSSR count). The van der Waals surface area contributed by atoms with Gasteiger partial charge in [0, 0.05) is 17.6 Å². The Morgan fingerprint density at radius 1 is 1.19 bits per heavy atom. The number of rotatable bonds is 6. The minimum absolute atomic E-state index is 0.200. The Morgan fingerprint density at radius 3 is 2.37 bits per heavy atom. The molecule has 1 heterocycles. The number of carbonyl (C=O) groups is 2. The second-order valence-electron chi connectivity index (χ2n) is 5.92. The molecular formula is C19H15Cl2N3O3. The maximum absolute atomic E-state index is 11.5. The molecule has 6 nitrogen and oxygen atoms in total. The zero-order valence-electron chi connectivity index (χ0n) is 14.4. The van der Waals surface area contributed by atoms with Crippen LogP contribution in [0.3, 0.4) is 0 Å². The summed E-state index contributed by atoms with van der Waals surface area (Å²) in [6, 6.07) is 8.47. The number of benzene rings is 2. The summed E-state index contributed by atoms with van der Waals surface area (Å²) in [6.07, 6.45) is 1.21. The van der Waals surface area contributed by atoms with Crippen molar-refractivity contribution in [2.75, 3.05) is 6.61 Å². The quantitative estimate of drug-likeness (QED) is 0.350. The summed E-state index contributed by atoms with van der Waals surface area (Å²) in [5.74, 6) is -0.437. The first kappa shape index (κ1) is 19.1. The van der Waals surface area contributed by atoms with E-state index in [1.807, 2.05) is 0 Å². The van der Waals surface area contributed by atoms with Gasteiger partial charge in [0.05, 0.1) is 22.3 Å². The van der Waals surface area contributed by atoms with E-state index in [2.05, 4.69) is 16.8 Å². The van der Waals surface area contributed by atoms with Crippen LogP contribution in [0.25, 0.3) is 16.7 Å². The highest BCUT2D eigenvalue weighted by molar-refractivity contribution is 6.42. The number of fused-ring (bicyclic) bond motifs is 1. The predicted molar refractivity (Wildman–Crippen MR) is 104 cm³/mol. The van der Waals surface area contributed by atoms with E-state index in [1.165, 1.54) is 4.80 Å². The standard InChI is InChI=1S/C19H15Cl2N3O3/c1-11(2)19(26)27-6-5-12-3-4-13(10-25)18(7-12)24-22-16-8-14(20)15(21)9-17(16)23-24/h3-4,7-10H,1,5-6H2,2H3. The third-order valence-corrected chi connectivity index (χ3v) is 4.55. The van der Waals surface area contributed by atoms with Crippen LogP contribution in [0, 0.1) is 0 Å². The summed E-state index contributed by atoms with van der Waals surface area (Å²) in [5.41, 5.74) is 3.26. The Bertz CT molecular complexity index is 1020. The van der Waals surface area contributed by atoms with Gasteiger partial charge in [0.1, 0.15) is 11.0 Å². The number of nitrogens with zero attached hydrogens (tertiary/aromatic N) is 3. The van der Waals surface area contributed by atoms with Crippen molar-refractivity contribution in [3.8, 4) is 5.69 Å². The Kier molecular flexibility index (Phi) is 5.58. The minimum atomic E-state index is -0.437. The summed E-state index contributed by atoms with van der Waals surface area (Å²) < 4.78 is 5.11. The van der Waals surface area contributed by atoms with Crippen LogP contribution >= 0.6 is 23.2 Å². The molecule has 0 N–H and O–H groups in total. The van der Waals surface area contributed by atoms with Gasteiger partial charge in [-0.25, -0.2) is 4.79 Å². The lowest BCUT2D eigenvalue weighted by molar-refractivity contribution is -0.138. The molecule has 0 amide bonds. The number of hydrogen-bond donors (Lipinski definition) is 0.